The molecule has 0 spiro atoms. The van der Waals surface area contributed by atoms with E-state index in [1.165, 1.54) is 0 Å². The van der Waals surface area contributed by atoms with Crippen LogP contribution in [0.2, 0.25) is 0 Å². The van der Waals surface area contributed by atoms with Gasteiger partial charge >= 0.3 is 0 Å². The predicted octanol–water partition coefficient (Wildman–Crippen LogP) is 5.77. The number of fused-ring (bicyclic) bond motifs is 1. The Morgan fingerprint density at radius 1 is 0.885 bits per heavy atom. The van der Waals surface area contributed by atoms with Crippen molar-refractivity contribution in [3.8, 4) is 17.2 Å². The van der Waals surface area contributed by atoms with Crippen molar-refractivity contribution in [1.29, 1.82) is 0 Å². The lowest BCUT2D eigenvalue weighted by Gasteiger charge is -2.31. The Hall–Kier alpha value is -2.47. The lowest BCUT2D eigenvalue weighted by molar-refractivity contribution is 0.259. The average Bonchev–Trinajstić information content (AvgIpc) is 2.63. The van der Waals surface area contributed by atoms with Gasteiger partial charge < -0.3 is 14.9 Å². The summed E-state index contributed by atoms with van der Waals surface area (Å²) in [6, 6.07) is 20.6. The molecule has 0 saturated heterocycles. The van der Waals surface area contributed by atoms with Gasteiger partial charge in [-0.3, -0.25) is 0 Å². The third-order valence-corrected chi connectivity index (χ3v) is 5.33. The summed E-state index contributed by atoms with van der Waals surface area (Å²) in [6.07, 6.45) is -0.286. The highest BCUT2D eigenvalue weighted by atomic mass is 127. The van der Waals surface area contributed by atoms with Crippen molar-refractivity contribution in [1.82, 2.24) is 0 Å². The molecule has 0 saturated carbocycles. The molecule has 3 nitrogen and oxygen atoms in total. The second-order valence-electron chi connectivity index (χ2n) is 6.32. The van der Waals surface area contributed by atoms with Crippen molar-refractivity contribution in [3.63, 3.8) is 0 Å². The van der Waals surface area contributed by atoms with E-state index in [0.717, 1.165) is 37.2 Å². The largest absolute Gasteiger partial charge is 0.508 e. The molecule has 0 bridgehead atoms. The lowest BCUT2D eigenvalue weighted by atomic mass is 9.86. The molecule has 1 unspecified atom stereocenters. The van der Waals surface area contributed by atoms with Gasteiger partial charge in [0.1, 0.15) is 23.4 Å². The average molecular weight is 456 g/mol. The van der Waals surface area contributed by atoms with Crippen LogP contribution < -0.4 is 4.74 Å². The van der Waals surface area contributed by atoms with Gasteiger partial charge in [0, 0.05) is 14.7 Å². The fourth-order valence-electron chi connectivity index (χ4n) is 3.36. The van der Waals surface area contributed by atoms with Gasteiger partial charge in [0.05, 0.1) is 0 Å². The van der Waals surface area contributed by atoms with Crippen LogP contribution in [0.25, 0.3) is 11.1 Å². The van der Waals surface area contributed by atoms with Gasteiger partial charge in [0.2, 0.25) is 0 Å². The summed E-state index contributed by atoms with van der Waals surface area (Å²) in [4.78, 5) is 0. The van der Waals surface area contributed by atoms with E-state index in [9.17, 15) is 10.2 Å². The Morgan fingerprint density at radius 2 is 1.62 bits per heavy atom. The van der Waals surface area contributed by atoms with Crippen molar-refractivity contribution >= 4 is 33.7 Å². The molecule has 0 aliphatic carbocycles. The van der Waals surface area contributed by atoms with Crippen LogP contribution in [-0.4, -0.2) is 10.2 Å². The molecule has 1 aliphatic rings. The van der Waals surface area contributed by atoms with E-state index in [-0.39, 0.29) is 17.6 Å². The van der Waals surface area contributed by atoms with E-state index in [0.29, 0.717) is 0 Å². The van der Waals surface area contributed by atoms with E-state index in [1.54, 1.807) is 30.3 Å². The number of phenolic OH excluding ortho intramolecular Hbond substituents is 2. The zero-order chi connectivity index (χ0) is 18.3. The highest BCUT2D eigenvalue weighted by molar-refractivity contribution is 14.1. The lowest BCUT2D eigenvalue weighted by Crippen LogP contribution is -2.16. The van der Waals surface area contributed by atoms with Crippen molar-refractivity contribution in [2.24, 2.45) is 0 Å². The molecular formula is C22H17IO3. The van der Waals surface area contributed by atoms with Crippen molar-refractivity contribution < 1.29 is 14.9 Å². The third-order valence-electron chi connectivity index (χ3n) is 4.61. The van der Waals surface area contributed by atoms with Crippen LogP contribution in [0.3, 0.4) is 0 Å². The molecule has 2 N–H and O–H groups in total. The second kappa shape index (κ2) is 6.68. The van der Waals surface area contributed by atoms with E-state index in [2.05, 4.69) is 46.9 Å². The molecule has 26 heavy (non-hydrogen) atoms. The van der Waals surface area contributed by atoms with Crippen LogP contribution in [0.1, 0.15) is 29.7 Å². The number of hydrogen-bond donors (Lipinski definition) is 2. The van der Waals surface area contributed by atoms with E-state index in [4.69, 9.17) is 4.74 Å². The number of phenols is 2. The standard InChI is InChI=1S/C22H17IO3/c1-13-19-12-18(25)9-10-20(19)26-22(14-5-7-16(23)8-6-14)21(13)15-3-2-4-17(24)11-15/h2-12,22,24-25H,1H3. The van der Waals surface area contributed by atoms with Crippen LogP contribution in [0, 0.1) is 3.57 Å². The minimum absolute atomic E-state index is 0.203. The van der Waals surface area contributed by atoms with Gasteiger partial charge in [-0.05, 0) is 88.7 Å². The van der Waals surface area contributed by atoms with Crippen molar-refractivity contribution in [2.75, 3.05) is 0 Å². The maximum Gasteiger partial charge on any atom is 0.150 e. The van der Waals surface area contributed by atoms with E-state index >= 15 is 0 Å². The van der Waals surface area contributed by atoms with Crippen LogP contribution in [0.15, 0.2) is 66.7 Å². The molecule has 1 heterocycles. The van der Waals surface area contributed by atoms with Gasteiger partial charge in [-0.1, -0.05) is 24.3 Å². The maximum absolute atomic E-state index is 9.96. The first-order chi connectivity index (χ1) is 12.5. The second-order valence-corrected chi connectivity index (χ2v) is 7.56. The van der Waals surface area contributed by atoms with Gasteiger partial charge in [-0.2, -0.15) is 0 Å². The first-order valence-corrected chi connectivity index (χ1v) is 9.36. The minimum atomic E-state index is -0.286. The first-order valence-electron chi connectivity index (χ1n) is 8.28. The number of rotatable bonds is 2. The molecule has 0 aromatic heterocycles. The molecule has 130 valence electrons. The van der Waals surface area contributed by atoms with Crippen molar-refractivity contribution in [3.05, 3.63) is 87.0 Å². The summed E-state index contributed by atoms with van der Waals surface area (Å²) in [5, 5.41) is 19.9. The normalized spacial score (nSPS) is 16.2. The zero-order valence-corrected chi connectivity index (χ0v) is 16.3. The van der Waals surface area contributed by atoms with Gasteiger partial charge in [-0.25, -0.2) is 0 Å². The molecule has 3 aromatic rings. The number of ether oxygens (including phenoxy) is 1. The van der Waals surface area contributed by atoms with Crippen LogP contribution in [0.4, 0.5) is 0 Å². The quantitative estimate of drug-likeness (QED) is 0.482. The molecule has 4 rings (SSSR count). The van der Waals surface area contributed by atoms with Gasteiger partial charge in [-0.15, -0.1) is 0 Å². The summed E-state index contributed by atoms with van der Waals surface area (Å²) < 4.78 is 7.50. The number of hydrogen-bond acceptors (Lipinski definition) is 3. The third kappa shape index (κ3) is 3.05. The van der Waals surface area contributed by atoms with Gasteiger partial charge in [0.15, 0.2) is 0 Å². The monoisotopic (exact) mass is 456 g/mol. The molecule has 1 aliphatic heterocycles. The first kappa shape index (κ1) is 17.0. The molecule has 3 aromatic carbocycles. The smallest absolute Gasteiger partial charge is 0.150 e. The SMILES string of the molecule is CC1=C(c2cccc(O)c2)C(c2ccc(I)cc2)Oc2ccc(O)cc21. The van der Waals surface area contributed by atoms with E-state index < -0.39 is 0 Å². The Kier molecular flexibility index (Phi) is 4.36. The fourth-order valence-corrected chi connectivity index (χ4v) is 3.71. The zero-order valence-electron chi connectivity index (χ0n) is 14.1. The summed E-state index contributed by atoms with van der Waals surface area (Å²) >= 11 is 2.28. The molecule has 4 heteroatoms. The molecule has 1 atom stereocenters. The molecule has 0 amide bonds. The summed E-state index contributed by atoms with van der Waals surface area (Å²) in [6.45, 7) is 2.03. The maximum atomic E-state index is 9.96. The van der Waals surface area contributed by atoms with Crippen LogP contribution in [-0.2, 0) is 0 Å². The fraction of sp³-hybridized carbons (Fsp3) is 0.0909. The number of aromatic hydroxyl groups is 2. The number of allylic oxidation sites excluding steroid dienone is 1. The Bertz CT molecular complexity index is 1010. The number of halogens is 1. The highest BCUT2D eigenvalue weighted by Gasteiger charge is 2.29. The molecule has 0 fully saturated rings. The molecular weight excluding hydrogens is 439 g/mol. The van der Waals surface area contributed by atoms with Crippen molar-refractivity contribution in [2.45, 2.75) is 13.0 Å². The van der Waals surface area contributed by atoms with Crippen LogP contribution >= 0.6 is 22.6 Å². The number of benzene rings is 3. The highest BCUT2D eigenvalue weighted by Crippen LogP contribution is 2.47. The van der Waals surface area contributed by atoms with E-state index in [1.807, 2.05) is 19.1 Å². The van der Waals surface area contributed by atoms with Gasteiger partial charge in [0.25, 0.3) is 0 Å². The topological polar surface area (TPSA) is 49.7 Å². The summed E-state index contributed by atoms with van der Waals surface area (Å²) in [7, 11) is 0. The molecule has 0 radical (unpaired) electrons. The Balaban J connectivity index is 1.95. The summed E-state index contributed by atoms with van der Waals surface area (Å²) in [5.41, 5.74) is 4.82. The predicted molar refractivity (Wildman–Crippen MR) is 111 cm³/mol. The minimum Gasteiger partial charge on any atom is -0.508 e. The van der Waals surface area contributed by atoms with Crippen LogP contribution in [0.5, 0.6) is 17.2 Å². The summed E-state index contributed by atoms with van der Waals surface area (Å²) in [5.74, 6) is 1.16. The Labute approximate surface area is 165 Å². The Morgan fingerprint density at radius 3 is 2.35 bits per heavy atom.